The normalized spacial score (nSPS) is 27.5. The van der Waals surface area contributed by atoms with Crippen LogP contribution in [-0.4, -0.2) is 27.4 Å². The number of rotatable bonds is 4. The smallest absolute Gasteiger partial charge is 0.384 e. The van der Waals surface area contributed by atoms with E-state index in [1.54, 1.807) is 14.2 Å². The second-order valence-electron chi connectivity index (χ2n) is 6.22. The fourth-order valence-corrected chi connectivity index (χ4v) is 3.06. The minimum atomic E-state index is 0. The van der Waals surface area contributed by atoms with Crippen molar-refractivity contribution < 1.29 is 35.7 Å². The Bertz CT molecular complexity index is 232. The van der Waals surface area contributed by atoms with Gasteiger partial charge in [0, 0.05) is 19.6 Å². The van der Waals surface area contributed by atoms with E-state index in [0.29, 0.717) is 11.8 Å². The van der Waals surface area contributed by atoms with Gasteiger partial charge in [-0.2, -0.15) is 11.8 Å². The second-order valence-corrected chi connectivity index (χ2v) is 6.22. The minimum Gasteiger partial charge on any atom is -0.384 e. The maximum atomic E-state index is 5.24. The summed E-state index contributed by atoms with van der Waals surface area (Å²) in [6.45, 7) is 9.73. The third-order valence-electron chi connectivity index (χ3n) is 4.07. The molecular weight excluding hydrogens is 375 g/mol. The first-order chi connectivity index (χ1) is 11.1. The predicted molar refractivity (Wildman–Crippen MR) is 96.1 cm³/mol. The zero-order valence-electron chi connectivity index (χ0n) is 15.0. The Labute approximate surface area is 171 Å². The summed E-state index contributed by atoms with van der Waals surface area (Å²) in [7, 11) is 3.48. The van der Waals surface area contributed by atoms with Gasteiger partial charge in [-0.3, -0.25) is 0 Å². The van der Waals surface area contributed by atoms with Crippen LogP contribution < -0.4 is 0 Å². The molecule has 3 heteroatoms. The van der Waals surface area contributed by atoms with E-state index < -0.39 is 0 Å². The number of methoxy groups -OCH3 is 2. The van der Waals surface area contributed by atoms with E-state index in [1.807, 2.05) is 64.2 Å². The summed E-state index contributed by atoms with van der Waals surface area (Å²) in [6, 6.07) is 0. The quantitative estimate of drug-likeness (QED) is 0.658. The number of hydrogen-bond donors (Lipinski definition) is 0. The summed E-state index contributed by atoms with van der Waals surface area (Å²) in [5, 5.41) is 0. The van der Waals surface area contributed by atoms with Crippen molar-refractivity contribution in [2.75, 3.05) is 27.4 Å². The molecule has 2 nitrogen and oxygen atoms in total. The van der Waals surface area contributed by atoms with E-state index in [9.17, 15) is 0 Å². The average molecular weight is 406 g/mol. The maximum absolute atomic E-state index is 5.24. The van der Waals surface area contributed by atoms with Gasteiger partial charge in [-0.25, -0.2) is 0 Å². The van der Waals surface area contributed by atoms with Gasteiger partial charge in [0.1, 0.15) is 0 Å². The van der Waals surface area contributed by atoms with Gasteiger partial charge in [-0.15, -0.1) is 0 Å². The molecule has 0 spiro atoms. The average Bonchev–Trinajstić information content (AvgIpc) is 3.27. The molecule has 2 atom stereocenters. The SMILES string of the molecule is [CH2-][C@@H]1CC(COC)(COC)C[C@H]1[CH2-].[CH]1[CH][CH][CH][CH]1.[CH]1[CH][CH][CH][CH]1.[Zr+4]. The fraction of sp³-hybridized carbons (Fsp3) is 0.429. The Kier molecular flexibility index (Phi) is 15.4. The van der Waals surface area contributed by atoms with Crippen molar-refractivity contribution >= 4 is 0 Å². The minimum absolute atomic E-state index is 0. The van der Waals surface area contributed by atoms with E-state index in [0.717, 1.165) is 26.1 Å². The van der Waals surface area contributed by atoms with Crippen LogP contribution in [0.2, 0.25) is 0 Å². The molecule has 0 aromatic heterocycles. The summed E-state index contributed by atoms with van der Waals surface area (Å²) >= 11 is 0. The summed E-state index contributed by atoms with van der Waals surface area (Å²) in [5.41, 5.74) is 0.169. The molecule has 10 radical (unpaired) electrons. The zero-order valence-corrected chi connectivity index (χ0v) is 17.4. The molecule has 0 bridgehead atoms. The van der Waals surface area contributed by atoms with Crippen LogP contribution in [-0.2, 0) is 35.7 Å². The molecule has 0 aromatic carbocycles. The molecule has 0 saturated heterocycles. The Balaban J connectivity index is 0.000000393. The Morgan fingerprint density at radius 3 is 1.17 bits per heavy atom. The molecule has 24 heavy (non-hydrogen) atoms. The van der Waals surface area contributed by atoms with Crippen molar-refractivity contribution in [3.8, 4) is 0 Å². The standard InChI is InChI=1S/C11H20O2.2C5H5.Zr/c1-9-5-11(7-12-3,8-13-4)6-10(9)2;2*1-2-4-5-3-1;/h9-10H,1-2,5-8H2,3-4H3;2*1-5H;/q-2;;;+4/t9-,10-;;;/m1.../s1. The van der Waals surface area contributed by atoms with Crippen molar-refractivity contribution in [3.05, 3.63) is 78.1 Å². The monoisotopic (exact) mass is 404 g/mol. The van der Waals surface area contributed by atoms with Crippen LogP contribution >= 0.6 is 0 Å². The molecule has 0 unspecified atom stereocenters. The topological polar surface area (TPSA) is 18.5 Å². The first-order valence-electron chi connectivity index (χ1n) is 8.11. The molecule has 0 N–H and O–H groups in total. The maximum Gasteiger partial charge on any atom is 4.00 e. The van der Waals surface area contributed by atoms with Gasteiger partial charge in [0.25, 0.3) is 0 Å². The summed E-state index contributed by atoms with van der Waals surface area (Å²) in [5.74, 6) is 0.899. The van der Waals surface area contributed by atoms with Gasteiger partial charge in [0.2, 0.25) is 0 Å². The largest absolute Gasteiger partial charge is 4.00 e. The molecule has 3 rings (SSSR count). The van der Waals surface area contributed by atoms with Gasteiger partial charge in [0.05, 0.1) is 13.2 Å². The van der Waals surface area contributed by atoms with Gasteiger partial charge >= 0.3 is 26.2 Å². The number of hydrogen-bond acceptors (Lipinski definition) is 2. The van der Waals surface area contributed by atoms with Crippen LogP contribution in [0.5, 0.6) is 0 Å². The molecule has 3 aliphatic carbocycles. The van der Waals surface area contributed by atoms with Gasteiger partial charge in [0.15, 0.2) is 0 Å². The van der Waals surface area contributed by atoms with Gasteiger partial charge in [-0.05, 0) is 64.2 Å². The van der Waals surface area contributed by atoms with Crippen LogP contribution in [0, 0.1) is 95.3 Å². The number of ether oxygens (including phenoxy) is 2. The van der Waals surface area contributed by atoms with Crippen LogP contribution in [0.15, 0.2) is 0 Å². The van der Waals surface area contributed by atoms with E-state index in [4.69, 9.17) is 9.47 Å². The first-order valence-corrected chi connectivity index (χ1v) is 8.11. The third kappa shape index (κ3) is 10.1. The molecule has 0 heterocycles. The van der Waals surface area contributed by atoms with Crippen LogP contribution in [0.4, 0.5) is 0 Å². The summed E-state index contributed by atoms with van der Waals surface area (Å²) < 4.78 is 10.5. The molecule has 3 fully saturated rings. The van der Waals surface area contributed by atoms with Crippen molar-refractivity contribution in [1.82, 2.24) is 0 Å². The van der Waals surface area contributed by atoms with E-state index in [1.165, 1.54) is 0 Å². The summed E-state index contributed by atoms with van der Waals surface area (Å²) in [4.78, 5) is 0. The molecule has 0 amide bonds. The van der Waals surface area contributed by atoms with E-state index >= 15 is 0 Å². The van der Waals surface area contributed by atoms with E-state index in [-0.39, 0.29) is 31.6 Å². The Morgan fingerprint density at radius 2 is 0.958 bits per heavy atom. The molecule has 3 saturated carbocycles. The van der Waals surface area contributed by atoms with Crippen molar-refractivity contribution in [3.63, 3.8) is 0 Å². The van der Waals surface area contributed by atoms with Crippen LogP contribution in [0.3, 0.4) is 0 Å². The van der Waals surface area contributed by atoms with Gasteiger partial charge < -0.3 is 23.3 Å². The summed E-state index contributed by atoms with van der Waals surface area (Å²) in [6.07, 6.45) is 22.1. The molecular formula is C21H30O2Zr+2. The first kappa shape index (κ1) is 24.8. The zero-order chi connectivity index (χ0) is 17.0. The Morgan fingerprint density at radius 1 is 0.708 bits per heavy atom. The van der Waals surface area contributed by atoms with Crippen molar-refractivity contribution in [1.29, 1.82) is 0 Å². The molecule has 0 aromatic rings. The van der Waals surface area contributed by atoms with Crippen molar-refractivity contribution in [2.45, 2.75) is 12.8 Å². The molecule has 3 aliphatic rings. The Hall–Kier alpha value is 0.803. The third-order valence-corrected chi connectivity index (χ3v) is 4.07. The molecule has 0 aliphatic heterocycles. The molecule has 128 valence electrons. The van der Waals surface area contributed by atoms with E-state index in [2.05, 4.69) is 13.8 Å². The van der Waals surface area contributed by atoms with Crippen LogP contribution in [0.25, 0.3) is 0 Å². The van der Waals surface area contributed by atoms with Gasteiger partial charge in [-0.1, -0.05) is 12.8 Å². The predicted octanol–water partition coefficient (Wildman–Crippen LogP) is 4.00. The van der Waals surface area contributed by atoms with Crippen LogP contribution in [0.1, 0.15) is 12.8 Å². The second kappa shape index (κ2) is 14.9. The fourth-order valence-electron chi connectivity index (χ4n) is 3.06. The van der Waals surface area contributed by atoms with Crippen molar-refractivity contribution in [2.24, 2.45) is 17.3 Å².